The van der Waals surface area contributed by atoms with Crippen LogP contribution in [0.15, 0.2) is 48.5 Å². The first-order valence-electron chi connectivity index (χ1n) is 7.99. The van der Waals surface area contributed by atoms with Crippen molar-refractivity contribution in [2.45, 2.75) is 13.0 Å². The molecule has 1 heterocycles. The summed E-state index contributed by atoms with van der Waals surface area (Å²) in [5, 5.41) is 8.87. The summed E-state index contributed by atoms with van der Waals surface area (Å²) in [6.07, 6.45) is -0.926. The second-order valence-corrected chi connectivity index (χ2v) is 5.86. The highest BCUT2D eigenvalue weighted by Gasteiger charge is 2.32. The number of rotatable bonds is 6. The van der Waals surface area contributed by atoms with Gasteiger partial charge in [-0.2, -0.15) is 0 Å². The largest absolute Gasteiger partial charge is 0.490 e. The van der Waals surface area contributed by atoms with Crippen molar-refractivity contribution in [3.8, 4) is 5.75 Å². The van der Waals surface area contributed by atoms with Gasteiger partial charge >= 0.3 is 12.1 Å². The summed E-state index contributed by atoms with van der Waals surface area (Å²) in [6, 6.07) is 12.7. The third-order valence-electron chi connectivity index (χ3n) is 4.00. The van der Waals surface area contributed by atoms with Crippen LogP contribution in [0.1, 0.15) is 27.6 Å². The number of benzene rings is 2. The summed E-state index contributed by atoms with van der Waals surface area (Å²) in [5.74, 6) is -0.552. The molecule has 7 heteroatoms. The molecular formula is C19H17NO6. The molecule has 7 nitrogen and oxygen atoms in total. The topological polar surface area (TPSA) is 93.1 Å². The zero-order valence-electron chi connectivity index (χ0n) is 14.0. The molecule has 134 valence electrons. The highest BCUT2D eigenvalue weighted by molar-refractivity contribution is 5.95. The van der Waals surface area contributed by atoms with Crippen LogP contribution in [0.25, 0.3) is 0 Å². The minimum absolute atomic E-state index is 0.0410. The van der Waals surface area contributed by atoms with E-state index < -0.39 is 18.2 Å². The lowest BCUT2D eigenvalue weighted by molar-refractivity contribution is 0.0696. The highest BCUT2D eigenvalue weighted by Crippen LogP contribution is 2.23. The number of Topliss-reactive ketones (excluding diaryl/α,β-unsaturated/α-hetero) is 1. The molecule has 1 atom stereocenters. The van der Waals surface area contributed by atoms with Gasteiger partial charge in [-0.3, -0.25) is 9.69 Å². The van der Waals surface area contributed by atoms with Gasteiger partial charge in [-0.1, -0.05) is 0 Å². The monoisotopic (exact) mass is 355 g/mol. The van der Waals surface area contributed by atoms with Gasteiger partial charge in [0.25, 0.3) is 0 Å². The maximum atomic E-state index is 12.1. The van der Waals surface area contributed by atoms with E-state index in [2.05, 4.69) is 0 Å². The van der Waals surface area contributed by atoms with Gasteiger partial charge in [-0.05, 0) is 55.5 Å². The molecule has 2 aromatic rings. The number of hydrogen-bond acceptors (Lipinski definition) is 5. The van der Waals surface area contributed by atoms with Crippen molar-refractivity contribution in [2.24, 2.45) is 0 Å². The van der Waals surface area contributed by atoms with Crippen LogP contribution in [-0.2, 0) is 4.74 Å². The van der Waals surface area contributed by atoms with Crippen LogP contribution in [0.4, 0.5) is 10.5 Å². The molecule has 1 aliphatic rings. The van der Waals surface area contributed by atoms with Crippen LogP contribution < -0.4 is 9.64 Å². The third-order valence-corrected chi connectivity index (χ3v) is 4.00. The Balaban J connectivity index is 1.59. The molecule has 1 N–H and O–H groups in total. The average molecular weight is 355 g/mol. The molecule has 1 unspecified atom stereocenters. The van der Waals surface area contributed by atoms with Crippen LogP contribution in [0.2, 0.25) is 0 Å². The molecule has 26 heavy (non-hydrogen) atoms. The smallest absolute Gasteiger partial charge is 0.414 e. The number of carboxylic acid groups (broad SMARTS) is 1. The lowest BCUT2D eigenvalue weighted by atomic mass is 10.1. The predicted molar refractivity (Wildman–Crippen MR) is 93.0 cm³/mol. The van der Waals surface area contributed by atoms with Crippen molar-refractivity contribution in [3.05, 3.63) is 59.7 Å². The number of nitrogens with zero attached hydrogens (tertiary/aromatic N) is 1. The van der Waals surface area contributed by atoms with E-state index in [0.717, 1.165) is 0 Å². The van der Waals surface area contributed by atoms with Gasteiger partial charge in [0.15, 0.2) is 11.9 Å². The number of hydrogen-bond donors (Lipinski definition) is 1. The van der Waals surface area contributed by atoms with Crippen molar-refractivity contribution in [1.29, 1.82) is 0 Å². The van der Waals surface area contributed by atoms with E-state index >= 15 is 0 Å². The van der Waals surface area contributed by atoms with Gasteiger partial charge in [0.1, 0.15) is 12.4 Å². The van der Waals surface area contributed by atoms with Gasteiger partial charge in [0, 0.05) is 11.3 Å². The number of aromatic carboxylic acids is 1. The van der Waals surface area contributed by atoms with Crippen molar-refractivity contribution in [2.75, 3.05) is 18.1 Å². The van der Waals surface area contributed by atoms with E-state index in [4.69, 9.17) is 14.6 Å². The first-order valence-corrected chi connectivity index (χ1v) is 7.99. The normalized spacial score (nSPS) is 16.3. The Labute approximate surface area is 149 Å². The van der Waals surface area contributed by atoms with Crippen LogP contribution in [0.3, 0.4) is 0 Å². The highest BCUT2D eigenvalue weighted by atomic mass is 16.6. The Bertz CT molecular complexity index is 828. The van der Waals surface area contributed by atoms with E-state index in [0.29, 0.717) is 23.5 Å². The fourth-order valence-corrected chi connectivity index (χ4v) is 2.58. The minimum Gasteiger partial charge on any atom is -0.490 e. The molecule has 0 radical (unpaired) electrons. The summed E-state index contributed by atoms with van der Waals surface area (Å²) in [5.41, 5.74) is 1.39. The molecular weight excluding hydrogens is 338 g/mol. The third kappa shape index (κ3) is 3.83. The van der Waals surface area contributed by atoms with E-state index in [1.54, 1.807) is 36.4 Å². The maximum absolute atomic E-state index is 12.1. The summed E-state index contributed by atoms with van der Waals surface area (Å²) in [6.45, 7) is 1.96. The number of ether oxygens (including phenoxy) is 2. The van der Waals surface area contributed by atoms with Crippen LogP contribution >= 0.6 is 0 Å². The van der Waals surface area contributed by atoms with E-state index in [9.17, 15) is 14.4 Å². The van der Waals surface area contributed by atoms with Gasteiger partial charge in [-0.25, -0.2) is 9.59 Å². The molecule has 1 fully saturated rings. The fourth-order valence-electron chi connectivity index (χ4n) is 2.58. The van der Waals surface area contributed by atoms with Gasteiger partial charge in [0.2, 0.25) is 0 Å². The summed E-state index contributed by atoms with van der Waals surface area (Å²) in [4.78, 5) is 35.7. The second-order valence-electron chi connectivity index (χ2n) is 5.86. The minimum atomic E-state index is -1.01. The van der Waals surface area contributed by atoms with Crippen molar-refractivity contribution in [1.82, 2.24) is 0 Å². The summed E-state index contributed by atoms with van der Waals surface area (Å²) in [7, 11) is 0. The van der Waals surface area contributed by atoms with Crippen LogP contribution in [0.5, 0.6) is 5.75 Å². The first kappa shape index (κ1) is 17.5. The molecule has 1 aliphatic heterocycles. The standard InChI is InChI=1S/C19H17NO6/c1-12(21)13-2-6-15(7-3-13)20-10-17(26-19(20)24)11-25-16-8-4-14(5-9-16)18(22)23/h2-9,17H,10-11H2,1H3,(H,22,23). The van der Waals surface area contributed by atoms with E-state index in [1.807, 2.05) is 0 Å². The molecule has 1 saturated heterocycles. The Kier molecular flexibility index (Phi) is 4.88. The van der Waals surface area contributed by atoms with Gasteiger partial charge in [-0.15, -0.1) is 0 Å². The van der Waals surface area contributed by atoms with Crippen molar-refractivity contribution in [3.63, 3.8) is 0 Å². The molecule has 0 aliphatic carbocycles. The molecule has 1 amide bonds. The van der Waals surface area contributed by atoms with Crippen LogP contribution in [0, 0.1) is 0 Å². The van der Waals surface area contributed by atoms with Crippen molar-refractivity contribution >= 4 is 23.5 Å². The number of carboxylic acids is 1. The summed E-state index contributed by atoms with van der Waals surface area (Å²) < 4.78 is 10.9. The molecule has 3 rings (SSSR count). The Morgan fingerprint density at radius 1 is 1.12 bits per heavy atom. The molecule has 0 spiro atoms. The Morgan fingerprint density at radius 3 is 2.31 bits per heavy atom. The maximum Gasteiger partial charge on any atom is 0.414 e. The van der Waals surface area contributed by atoms with Gasteiger partial charge < -0.3 is 14.6 Å². The number of carbonyl (C=O) groups excluding carboxylic acids is 2. The zero-order valence-corrected chi connectivity index (χ0v) is 14.0. The van der Waals surface area contributed by atoms with Crippen molar-refractivity contribution < 1.29 is 29.0 Å². The number of carbonyl (C=O) groups is 3. The first-order chi connectivity index (χ1) is 12.4. The van der Waals surface area contributed by atoms with Gasteiger partial charge in [0.05, 0.1) is 12.1 Å². The van der Waals surface area contributed by atoms with Crippen LogP contribution in [-0.4, -0.2) is 42.2 Å². The molecule has 0 saturated carbocycles. The summed E-state index contributed by atoms with van der Waals surface area (Å²) >= 11 is 0. The number of anilines is 1. The second kappa shape index (κ2) is 7.26. The number of amides is 1. The Morgan fingerprint density at radius 2 is 1.73 bits per heavy atom. The predicted octanol–water partition coefficient (Wildman–Crippen LogP) is 2.99. The molecule has 0 bridgehead atoms. The Hall–Kier alpha value is -3.35. The quantitative estimate of drug-likeness (QED) is 0.801. The molecule has 2 aromatic carbocycles. The lowest BCUT2D eigenvalue weighted by Crippen LogP contribution is -2.26. The number of ketones is 1. The lowest BCUT2D eigenvalue weighted by Gasteiger charge is -2.13. The fraction of sp³-hybridized carbons (Fsp3) is 0.211. The molecule has 0 aromatic heterocycles. The zero-order chi connectivity index (χ0) is 18.7. The van der Waals surface area contributed by atoms with E-state index in [1.165, 1.54) is 24.0 Å². The average Bonchev–Trinajstić information content (AvgIpc) is 3.01. The van der Waals surface area contributed by atoms with E-state index in [-0.39, 0.29) is 18.0 Å². The number of cyclic esters (lactones) is 1. The SMILES string of the molecule is CC(=O)c1ccc(N2CC(COc3ccc(C(=O)O)cc3)OC2=O)cc1.